The smallest absolute Gasteiger partial charge is 0.221 e. The van der Waals surface area contributed by atoms with Gasteiger partial charge in [0.15, 0.2) is 0 Å². The van der Waals surface area contributed by atoms with Crippen molar-refractivity contribution in [2.24, 2.45) is 0 Å². The number of benzene rings is 1. The molecule has 1 amide bonds. The molecule has 2 rings (SSSR count). The first-order chi connectivity index (χ1) is 9.19. The topological polar surface area (TPSA) is 67.6 Å². The maximum absolute atomic E-state index is 11.3. The van der Waals surface area contributed by atoms with E-state index < -0.39 is 0 Å². The molecule has 1 heterocycles. The summed E-state index contributed by atoms with van der Waals surface area (Å²) < 4.78 is 5.63. The number of hydrogen-bond acceptors (Lipinski definition) is 4. The van der Waals surface area contributed by atoms with Gasteiger partial charge in [0.05, 0.1) is 6.61 Å². The van der Waals surface area contributed by atoms with Crippen LogP contribution in [0.5, 0.6) is 5.75 Å². The molecule has 0 aliphatic carbocycles. The van der Waals surface area contributed by atoms with E-state index in [2.05, 4.69) is 17.1 Å². The fourth-order valence-electron chi connectivity index (χ4n) is 2.12. The number of nitrogens with zero attached hydrogens (tertiary/aromatic N) is 1. The zero-order valence-electron chi connectivity index (χ0n) is 11.3. The van der Waals surface area contributed by atoms with Crippen LogP contribution in [0.3, 0.4) is 0 Å². The van der Waals surface area contributed by atoms with Crippen LogP contribution in [0.25, 0.3) is 0 Å². The number of nitrogen functional groups attached to an aromatic ring is 1. The molecule has 1 aromatic rings. The minimum atomic E-state index is 0.105. The van der Waals surface area contributed by atoms with Crippen molar-refractivity contribution in [2.45, 2.75) is 19.8 Å². The fourth-order valence-corrected chi connectivity index (χ4v) is 2.12. The molecule has 0 aromatic heterocycles. The average Bonchev–Trinajstić information content (AvgIpc) is 2.60. The Balaban J connectivity index is 2.13. The Morgan fingerprint density at radius 2 is 2.21 bits per heavy atom. The van der Waals surface area contributed by atoms with E-state index in [9.17, 15) is 4.79 Å². The first-order valence-corrected chi connectivity index (χ1v) is 6.74. The normalized spacial score (nSPS) is 15.8. The van der Waals surface area contributed by atoms with Gasteiger partial charge in [-0.2, -0.15) is 0 Å². The van der Waals surface area contributed by atoms with Gasteiger partial charge in [0, 0.05) is 49.6 Å². The lowest BCUT2D eigenvalue weighted by Gasteiger charge is -2.23. The van der Waals surface area contributed by atoms with Crippen LogP contribution in [-0.4, -0.2) is 32.1 Å². The number of nitrogens with one attached hydrogen (secondary N) is 1. The predicted octanol–water partition coefficient (Wildman–Crippen LogP) is 1.38. The van der Waals surface area contributed by atoms with Gasteiger partial charge in [0.25, 0.3) is 0 Å². The molecular weight excluding hydrogens is 242 g/mol. The Morgan fingerprint density at radius 3 is 3.00 bits per heavy atom. The quantitative estimate of drug-likeness (QED) is 0.805. The van der Waals surface area contributed by atoms with Crippen molar-refractivity contribution in [3.63, 3.8) is 0 Å². The monoisotopic (exact) mass is 263 g/mol. The molecule has 0 saturated carbocycles. The van der Waals surface area contributed by atoms with E-state index in [0.717, 1.165) is 24.4 Å². The molecule has 3 N–H and O–H groups in total. The van der Waals surface area contributed by atoms with Crippen LogP contribution >= 0.6 is 0 Å². The SMILES string of the molecule is CCCOc1cc(N)cc(N2CCNC(=O)CC2)c1. The lowest BCUT2D eigenvalue weighted by molar-refractivity contribution is -0.120. The average molecular weight is 263 g/mol. The molecule has 0 radical (unpaired) electrons. The van der Waals surface area contributed by atoms with Gasteiger partial charge in [-0.3, -0.25) is 4.79 Å². The lowest BCUT2D eigenvalue weighted by atomic mass is 10.2. The first kappa shape index (κ1) is 13.5. The summed E-state index contributed by atoms with van der Waals surface area (Å²) in [5.74, 6) is 0.897. The number of anilines is 2. The standard InChI is InChI=1S/C14H21N3O2/c1-2-7-19-13-9-11(15)8-12(10-13)17-5-3-14(18)16-4-6-17/h8-10H,2-7,15H2,1H3,(H,16,18). The van der Waals surface area contributed by atoms with Gasteiger partial charge in [0.1, 0.15) is 5.75 Å². The molecule has 0 spiro atoms. The third-order valence-corrected chi connectivity index (χ3v) is 3.06. The van der Waals surface area contributed by atoms with Gasteiger partial charge < -0.3 is 20.7 Å². The van der Waals surface area contributed by atoms with Crippen LogP contribution in [0.1, 0.15) is 19.8 Å². The lowest BCUT2D eigenvalue weighted by Crippen LogP contribution is -2.28. The van der Waals surface area contributed by atoms with Crippen molar-refractivity contribution in [1.82, 2.24) is 5.32 Å². The summed E-state index contributed by atoms with van der Waals surface area (Å²) in [6.07, 6.45) is 1.48. The summed E-state index contributed by atoms with van der Waals surface area (Å²) in [7, 11) is 0. The molecule has 5 heteroatoms. The predicted molar refractivity (Wildman–Crippen MR) is 76.5 cm³/mol. The molecule has 1 saturated heterocycles. The van der Waals surface area contributed by atoms with Crippen molar-refractivity contribution in [2.75, 3.05) is 36.9 Å². The molecule has 0 unspecified atom stereocenters. The second-order valence-electron chi connectivity index (χ2n) is 4.70. The highest BCUT2D eigenvalue weighted by Crippen LogP contribution is 2.26. The van der Waals surface area contributed by atoms with E-state index in [-0.39, 0.29) is 5.91 Å². The maximum atomic E-state index is 11.3. The maximum Gasteiger partial charge on any atom is 0.221 e. The van der Waals surface area contributed by atoms with E-state index in [1.54, 1.807) is 0 Å². The number of hydrogen-bond donors (Lipinski definition) is 2. The summed E-state index contributed by atoms with van der Waals surface area (Å²) in [5.41, 5.74) is 7.62. The summed E-state index contributed by atoms with van der Waals surface area (Å²) in [4.78, 5) is 13.5. The number of rotatable bonds is 4. The molecule has 104 valence electrons. The summed E-state index contributed by atoms with van der Waals surface area (Å²) in [6.45, 7) is 4.92. The van der Waals surface area contributed by atoms with E-state index in [0.29, 0.717) is 31.8 Å². The zero-order chi connectivity index (χ0) is 13.7. The molecule has 1 aromatic carbocycles. The number of carbonyl (C=O) groups is 1. The highest BCUT2D eigenvalue weighted by Gasteiger charge is 2.14. The van der Waals surface area contributed by atoms with Crippen LogP contribution in [-0.2, 0) is 4.79 Å². The van der Waals surface area contributed by atoms with E-state index >= 15 is 0 Å². The van der Waals surface area contributed by atoms with Crippen LogP contribution in [0.15, 0.2) is 18.2 Å². The summed E-state index contributed by atoms with van der Waals surface area (Å²) in [5, 5.41) is 2.86. The summed E-state index contributed by atoms with van der Waals surface area (Å²) in [6, 6.07) is 5.75. The Kier molecular flexibility index (Phi) is 4.49. The van der Waals surface area contributed by atoms with Crippen molar-refractivity contribution >= 4 is 17.3 Å². The number of amides is 1. The molecule has 1 aliphatic heterocycles. The van der Waals surface area contributed by atoms with E-state index in [1.807, 2.05) is 18.2 Å². The van der Waals surface area contributed by atoms with Crippen LogP contribution < -0.4 is 20.7 Å². The van der Waals surface area contributed by atoms with E-state index in [1.165, 1.54) is 0 Å². The molecule has 0 bridgehead atoms. The van der Waals surface area contributed by atoms with Gasteiger partial charge in [-0.1, -0.05) is 6.92 Å². The molecule has 5 nitrogen and oxygen atoms in total. The minimum Gasteiger partial charge on any atom is -0.493 e. The third kappa shape index (κ3) is 3.77. The first-order valence-electron chi connectivity index (χ1n) is 6.74. The zero-order valence-corrected chi connectivity index (χ0v) is 11.3. The Hall–Kier alpha value is -1.91. The Labute approximate surface area is 113 Å². The van der Waals surface area contributed by atoms with Crippen molar-refractivity contribution < 1.29 is 9.53 Å². The molecule has 1 fully saturated rings. The van der Waals surface area contributed by atoms with Crippen molar-refractivity contribution in [3.05, 3.63) is 18.2 Å². The van der Waals surface area contributed by atoms with Gasteiger partial charge in [-0.15, -0.1) is 0 Å². The second kappa shape index (κ2) is 6.31. The van der Waals surface area contributed by atoms with Gasteiger partial charge in [0.2, 0.25) is 5.91 Å². The van der Waals surface area contributed by atoms with Crippen LogP contribution in [0, 0.1) is 0 Å². The van der Waals surface area contributed by atoms with Crippen molar-refractivity contribution in [3.8, 4) is 5.75 Å². The van der Waals surface area contributed by atoms with Crippen LogP contribution in [0.2, 0.25) is 0 Å². The number of ether oxygens (including phenoxy) is 1. The molecule has 19 heavy (non-hydrogen) atoms. The largest absolute Gasteiger partial charge is 0.493 e. The molecule has 1 aliphatic rings. The number of carbonyl (C=O) groups excluding carboxylic acids is 1. The fraction of sp³-hybridized carbons (Fsp3) is 0.500. The highest BCUT2D eigenvalue weighted by atomic mass is 16.5. The van der Waals surface area contributed by atoms with Gasteiger partial charge >= 0.3 is 0 Å². The summed E-state index contributed by atoms with van der Waals surface area (Å²) >= 11 is 0. The van der Waals surface area contributed by atoms with E-state index in [4.69, 9.17) is 10.5 Å². The third-order valence-electron chi connectivity index (χ3n) is 3.06. The Morgan fingerprint density at radius 1 is 1.37 bits per heavy atom. The van der Waals surface area contributed by atoms with Gasteiger partial charge in [-0.25, -0.2) is 0 Å². The Bertz CT molecular complexity index is 448. The second-order valence-corrected chi connectivity index (χ2v) is 4.70. The number of nitrogens with two attached hydrogens (primary N) is 1. The van der Waals surface area contributed by atoms with Crippen molar-refractivity contribution in [1.29, 1.82) is 0 Å². The van der Waals surface area contributed by atoms with Gasteiger partial charge in [-0.05, 0) is 12.5 Å². The minimum absolute atomic E-state index is 0.105. The molecular formula is C14H21N3O2. The molecule has 0 atom stereocenters. The van der Waals surface area contributed by atoms with Crippen LogP contribution in [0.4, 0.5) is 11.4 Å². The highest BCUT2D eigenvalue weighted by molar-refractivity contribution is 5.77.